The van der Waals surface area contributed by atoms with Crippen molar-refractivity contribution in [3.05, 3.63) is 59.7 Å². The number of fused-ring (bicyclic) bond motifs is 3. The SMILES string of the molecule is CN(C(=O)CC(O)CNC(=O)OCC1c2ccccc2-c2ccccc21)C1(C(=O)O)CCC1. The predicted octanol–water partition coefficient (Wildman–Crippen LogP) is 2.74. The molecule has 0 heterocycles. The first-order valence-corrected chi connectivity index (χ1v) is 11.1. The van der Waals surface area contributed by atoms with E-state index in [-0.39, 0.29) is 25.5 Å². The summed E-state index contributed by atoms with van der Waals surface area (Å²) in [7, 11) is 1.45. The molecule has 0 spiro atoms. The summed E-state index contributed by atoms with van der Waals surface area (Å²) < 4.78 is 5.42. The molecule has 0 aliphatic heterocycles. The Morgan fingerprint density at radius 2 is 1.67 bits per heavy atom. The first kappa shape index (κ1) is 22.8. The molecule has 2 aliphatic rings. The standard InChI is InChI=1S/C25H28N2O6/c1-27(25(23(30)31)11-6-12-25)22(29)13-16(28)14-26-24(32)33-15-21-19-9-4-2-7-17(19)18-8-3-5-10-20(18)21/h2-5,7-10,16,21,28H,6,11-15H2,1H3,(H,26,32)(H,30,31). The molecule has 3 N–H and O–H groups in total. The fraction of sp³-hybridized carbons (Fsp3) is 0.400. The van der Waals surface area contributed by atoms with Crippen LogP contribution in [0, 0.1) is 0 Å². The average Bonchev–Trinajstić information content (AvgIpc) is 3.09. The van der Waals surface area contributed by atoms with Crippen LogP contribution in [-0.2, 0) is 14.3 Å². The Labute approximate surface area is 192 Å². The average molecular weight is 453 g/mol. The van der Waals surface area contributed by atoms with Gasteiger partial charge in [-0.2, -0.15) is 0 Å². The van der Waals surface area contributed by atoms with E-state index in [9.17, 15) is 24.6 Å². The van der Waals surface area contributed by atoms with Crippen molar-refractivity contribution >= 4 is 18.0 Å². The van der Waals surface area contributed by atoms with E-state index in [0.29, 0.717) is 12.8 Å². The van der Waals surface area contributed by atoms with Crippen LogP contribution in [0.1, 0.15) is 42.7 Å². The van der Waals surface area contributed by atoms with Gasteiger partial charge < -0.3 is 25.2 Å². The molecule has 2 aliphatic carbocycles. The predicted molar refractivity (Wildman–Crippen MR) is 121 cm³/mol. The van der Waals surface area contributed by atoms with E-state index in [4.69, 9.17) is 4.74 Å². The number of hydrogen-bond donors (Lipinski definition) is 3. The van der Waals surface area contributed by atoms with Gasteiger partial charge in [0.15, 0.2) is 0 Å². The molecule has 0 bridgehead atoms. The number of carboxylic acid groups (broad SMARTS) is 1. The van der Waals surface area contributed by atoms with Gasteiger partial charge in [0.25, 0.3) is 0 Å². The second-order valence-electron chi connectivity index (χ2n) is 8.71. The van der Waals surface area contributed by atoms with Crippen molar-refractivity contribution in [1.29, 1.82) is 0 Å². The normalized spacial score (nSPS) is 16.7. The second-order valence-corrected chi connectivity index (χ2v) is 8.71. The summed E-state index contributed by atoms with van der Waals surface area (Å²) in [5, 5.41) is 22.1. The third kappa shape index (κ3) is 4.30. The van der Waals surface area contributed by atoms with Crippen molar-refractivity contribution in [3.63, 3.8) is 0 Å². The number of aliphatic hydroxyl groups excluding tert-OH is 1. The quantitative estimate of drug-likeness (QED) is 0.567. The molecule has 2 aromatic carbocycles. The maximum absolute atomic E-state index is 12.4. The summed E-state index contributed by atoms with van der Waals surface area (Å²) in [5.41, 5.74) is 3.28. The molecular formula is C25H28N2O6. The largest absolute Gasteiger partial charge is 0.479 e. The van der Waals surface area contributed by atoms with Crippen LogP contribution in [0.3, 0.4) is 0 Å². The zero-order valence-corrected chi connectivity index (χ0v) is 18.5. The van der Waals surface area contributed by atoms with Gasteiger partial charge in [-0.1, -0.05) is 48.5 Å². The molecule has 174 valence electrons. The third-order valence-corrected chi connectivity index (χ3v) is 6.83. The highest BCUT2D eigenvalue weighted by Gasteiger charge is 2.49. The number of rotatable bonds is 8. The topological polar surface area (TPSA) is 116 Å². The monoisotopic (exact) mass is 452 g/mol. The molecule has 0 radical (unpaired) electrons. The highest BCUT2D eigenvalue weighted by molar-refractivity contribution is 5.88. The van der Waals surface area contributed by atoms with Gasteiger partial charge in [-0.3, -0.25) is 4.79 Å². The van der Waals surface area contributed by atoms with E-state index in [1.807, 2.05) is 36.4 Å². The van der Waals surface area contributed by atoms with Crippen LogP contribution in [0.15, 0.2) is 48.5 Å². The number of amides is 2. The van der Waals surface area contributed by atoms with Crippen molar-refractivity contribution in [2.24, 2.45) is 0 Å². The smallest absolute Gasteiger partial charge is 0.407 e. The van der Waals surface area contributed by atoms with Crippen molar-refractivity contribution in [3.8, 4) is 11.1 Å². The number of aliphatic carboxylic acids is 1. The zero-order chi connectivity index (χ0) is 23.6. The molecule has 4 rings (SSSR count). The highest BCUT2D eigenvalue weighted by atomic mass is 16.5. The van der Waals surface area contributed by atoms with E-state index < -0.39 is 29.6 Å². The minimum absolute atomic E-state index is 0.0713. The van der Waals surface area contributed by atoms with Gasteiger partial charge in [0.2, 0.25) is 5.91 Å². The van der Waals surface area contributed by atoms with Gasteiger partial charge in [-0.25, -0.2) is 9.59 Å². The minimum atomic E-state index is -1.18. The molecule has 1 unspecified atom stereocenters. The highest BCUT2D eigenvalue weighted by Crippen LogP contribution is 2.44. The van der Waals surface area contributed by atoms with E-state index >= 15 is 0 Å². The van der Waals surface area contributed by atoms with Crippen molar-refractivity contribution in [2.45, 2.75) is 43.2 Å². The van der Waals surface area contributed by atoms with Gasteiger partial charge in [0.1, 0.15) is 12.1 Å². The van der Waals surface area contributed by atoms with Crippen LogP contribution in [0.25, 0.3) is 11.1 Å². The molecular weight excluding hydrogens is 424 g/mol. The van der Waals surface area contributed by atoms with E-state index in [2.05, 4.69) is 17.4 Å². The Morgan fingerprint density at radius 1 is 1.09 bits per heavy atom. The lowest BCUT2D eigenvalue weighted by Gasteiger charge is -2.45. The minimum Gasteiger partial charge on any atom is -0.479 e. The van der Waals surface area contributed by atoms with Crippen LogP contribution in [0.5, 0.6) is 0 Å². The lowest BCUT2D eigenvalue weighted by molar-refractivity contribution is -0.164. The van der Waals surface area contributed by atoms with Crippen LogP contribution >= 0.6 is 0 Å². The fourth-order valence-corrected chi connectivity index (χ4v) is 4.70. The van der Waals surface area contributed by atoms with Gasteiger partial charge in [0.05, 0.1) is 12.5 Å². The molecule has 2 amide bonds. The van der Waals surface area contributed by atoms with Crippen LogP contribution in [0.4, 0.5) is 4.79 Å². The molecule has 1 fully saturated rings. The Balaban J connectivity index is 1.27. The zero-order valence-electron chi connectivity index (χ0n) is 18.5. The second kappa shape index (κ2) is 9.23. The number of carbonyl (C=O) groups is 3. The molecule has 1 saturated carbocycles. The van der Waals surface area contributed by atoms with Crippen LogP contribution in [0.2, 0.25) is 0 Å². The number of aliphatic hydroxyl groups is 1. The Morgan fingerprint density at radius 3 is 2.18 bits per heavy atom. The first-order chi connectivity index (χ1) is 15.8. The summed E-state index contributed by atoms with van der Waals surface area (Å²) in [6, 6.07) is 16.0. The summed E-state index contributed by atoms with van der Waals surface area (Å²) in [6.45, 7) is -0.0188. The van der Waals surface area contributed by atoms with Gasteiger partial charge in [-0.15, -0.1) is 0 Å². The number of carboxylic acids is 1. The number of alkyl carbamates (subject to hydrolysis) is 1. The van der Waals surface area contributed by atoms with E-state index in [1.54, 1.807) is 0 Å². The number of nitrogens with zero attached hydrogens (tertiary/aromatic N) is 1. The first-order valence-electron chi connectivity index (χ1n) is 11.1. The fourth-order valence-electron chi connectivity index (χ4n) is 4.70. The molecule has 0 saturated heterocycles. The molecule has 1 atom stereocenters. The molecule has 0 aromatic heterocycles. The maximum Gasteiger partial charge on any atom is 0.407 e. The molecule has 8 nitrogen and oxygen atoms in total. The summed E-state index contributed by atoms with van der Waals surface area (Å²) in [5.74, 6) is -1.58. The van der Waals surface area contributed by atoms with Gasteiger partial charge in [0, 0.05) is 19.5 Å². The number of likely N-dealkylation sites (N-methyl/N-ethyl adjacent to an activating group) is 1. The van der Waals surface area contributed by atoms with Crippen molar-refractivity contribution in [1.82, 2.24) is 10.2 Å². The number of carbonyl (C=O) groups excluding carboxylic acids is 2. The Kier molecular flexibility index (Phi) is 6.37. The lowest BCUT2D eigenvalue weighted by atomic mass is 9.75. The lowest BCUT2D eigenvalue weighted by Crippen LogP contribution is -2.60. The van der Waals surface area contributed by atoms with Crippen LogP contribution in [-0.4, -0.2) is 64.9 Å². The number of ether oxygens (including phenoxy) is 1. The Bertz CT molecular complexity index is 1020. The third-order valence-electron chi connectivity index (χ3n) is 6.83. The van der Waals surface area contributed by atoms with Gasteiger partial charge >= 0.3 is 12.1 Å². The summed E-state index contributed by atoms with van der Waals surface area (Å²) >= 11 is 0. The number of nitrogens with one attached hydrogen (secondary N) is 1. The van der Waals surface area contributed by atoms with E-state index in [0.717, 1.165) is 28.7 Å². The maximum atomic E-state index is 12.4. The number of benzene rings is 2. The summed E-state index contributed by atoms with van der Waals surface area (Å²) in [6.07, 6.45) is -0.563. The van der Waals surface area contributed by atoms with Crippen molar-refractivity contribution in [2.75, 3.05) is 20.2 Å². The molecule has 2 aromatic rings. The molecule has 33 heavy (non-hydrogen) atoms. The summed E-state index contributed by atoms with van der Waals surface area (Å²) in [4.78, 5) is 37.4. The number of hydrogen-bond acceptors (Lipinski definition) is 5. The van der Waals surface area contributed by atoms with Crippen molar-refractivity contribution < 1.29 is 29.3 Å². The Hall–Kier alpha value is -3.39. The molecule has 8 heteroatoms. The van der Waals surface area contributed by atoms with Crippen LogP contribution < -0.4 is 5.32 Å². The van der Waals surface area contributed by atoms with Gasteiger partial charge in [-0.05, 0) is 41.5 Å². The van der Waals surface area contributed by atoms with E-state index in [1.165, 1.54) is 11.9 Å².